The highest BCUT2D eigenvalue weighted by Gasteiger charge is 2.10. The van der Waals surface area contributed by atoms with Crippen LogP contribution in [0.15, 0.2) is 23.8 Å². The van der Waals surface area contributed by atoms with Gasteiger partial charge in [0.2, 0.25) is 0 Å². The molecule has 0 bridgehead atoms. The monoisotopic (exact) mass is 247 g/mol. The number of rotatable bonds is 2. The molecule has 88 valence electrons. The Hall–Kier alpha value is -1.88. The van der Waals surface area contributed by atoms with Crippen molar-refractivity contribution >= 4 is 28.6 Å². The van der Waals surface area contributed by atoms with E-state index in [4.69, 9.17) is 5.73 Å². The minimum atomic E-state index is -0.154. The molecule has 0 saturated heterocycles. The number of aryl methyl sites for hydroxylation is 2. The van der Waals surface area contributed by atoms with Gasteiger partial charge in [-0.1, -0.05) is 6.07 Å². The van der Waals surface area contributed by atoms with Crippen molar-refractivity contribution in [2.24, 2.45) is 0 Å². The second kappa shape index (κ2) is 4.55. The fraction of sp³-hybridized carbons (Fsp3) is 0.167. The number of aromatic nitrogens is 1. The van der Waals surface area contributed by atoms with E-state index in [2.05, 4.69) is 10.3 Å². The van der Waals surface area contributed by atoms with Crippen LogP contribution in [0.5, 0.6) is 0 Å². The summed E-state index contributed by atoms with van der Waals surface area (Å²) in [5.41, 5.74) is 10.9. The minimum Gasteiger partial charge on any atom is -0.398 e. The van der Waals surface area contributed by atoms with Crippen LogP contribution in [0.4, 0.5) is 11.4 Å². The van der Waals surface area contributed by atoms with Gasteiger partial charge in [0.15, 0.2) is 0 Å². The van der Waals surface area contributed by atoms with E-state index < -0.39 is 0 Å². The van der Waals surface area contributed by atoms with Gasteiger partial charge in [0.25, 0.3) is 5.91 Å². The Morgan fingerprint density at radius 1 is 1.35 bits per heavy atom. The van der Waals surface area contributed by atoms with E-state index in [1.165, 1.54) is 11.3 Å². The SMILES string of the molecule is Cc1cc(C)c(NC(=O)c2cncs2)cc1N. The van der Waals surface area contributed by atoms with Gasteiger partial charge < -0.3 is 11.1 Å². The number of hydrogen-bond acceptors (Lipinski definition) is 4. The van der Waals surface area contributed by atoms with Gasteiger partial charge in [0.1, 0.15) is 4.88 Å². The lowest BCUT2D eigenvalue weighted by molar-refractivity contribution is 0.103. The second-order valence-corrected chi connectivity index (χ2v) is 4.73. The average molecular weight is 247 g/mol. The summed E-state index contributed by atoms with van der Waals surface area (Å²) < 4.78 is 0. The number of carbonyl (C=O) groups is 1. The van der Waals surface area contributed by atoms with Gasteiger partial charge in [-0.15, -0.1) is 11.3 Å². The first kappa shape index (κ1) is 11.6. The number of nitrogens with zero attached hydrogens (tertiary/aromatic N) is 1. The van der Waals surface area contributed by atoms with Crippen LogP contribution in [0.25, 0.3) is 0 Å². The summed E-state index contributed by atoms with van der Waals surface area (Å²) in [5.74, 6) is -0.154. The molecule has 2 aromatic rings. The molecule has 1 aromatic heterocycles. The van der Waals surface area contributed by atoms with Gasteiger partial charge in [0, 0.05) is 11.4 Å². The van der Waals surface area contributed by atoms with Crippen molar-refractivity contribution < 1.29 is 4.79 Å². The van der Waals surface area contributed by atoms with Crippen molar-refractivity contribution in [2.45, 2.75) is 13.8 Å². The molecule has 1 aromatic carbocycles. The third-order valence-corrected chi connectivity index (χ3v) is 3.29. The zero-order valence-electron chi connectivity index (χ0n) is 9.65. The summed E-state index contributed by atoms with van der Waals surface area (Å²) in [7, 11) is 0. The predicted octanol–water partition coefficient (Wildman–Crippen LogP) is 2.59. The van der Waals surface area contributed by atoms with Gasteiger partial charge >= 0.3 is 0 Å². The first-order valence-electron chi connectivity index (χ1n) is 5.14. The Balaban J connectivity index is 2.25. The number of nitrogens with one attached hydrogen (secondary N) is 1. The number of thiazole rings is 1. The van der Waals surface area contributed by atoms with E-state index >= 15 is 0 Å². The number of anilines is 2. The normalized spacial score (nSPS) is 10.2. The molecule has 0 aliphatic carbocycles. The minimum absolute atomic E-state index is 0.154. The predicted molar refractivity (Wildman–Crippen MR) is 70.4 cm³/mol. The first-order chi connectivity index (χ1) is 8.08. The molecule has 0 aliphatic heterocycles. The average Bonchev–Trinajstić information content (AvgIpc) is 2.79. The molecule has 0 aliphatic rings. The number of carbonyl (C=O) groups excluding carboxylic acids is 1. The fourth-order valence-electron chi connectivity index (χ4n) is 1.52. The molecule has 0 radical (unpaired) electrons. The third-order valence-electron chi connectivity index (χ3n) is 2.52. The van der Waals surface area contributed by atoms with E-state index in [1.807, 2.05) is 19.9 Å². The fourth-order valence-corrected chi connectivity index (χ4v) is 2.03. The maximum Gasteiger partial charge on any atom is 0.267 e. The van der Waals surface area contributed by atoms with Gasteiger partial charge in [0.05, 0.1) is 11.7 Å². The summed E-state index contributed by atoms with van der Waals surface area (Å²) in [6.45, 7) is 3.88. The van der Waals surface area contributed by atoms with E-state index in [-0.39, 0.29) is 5.91 Å². The van der Waals surface area contributed by atoms with Gasteiger partial charge in [-0.05, 0) is 31.0 Å². The highest BCUT2D eigenvalue weighted by atomic mass is 32.1. The standard InChI is InChI=1S/C12H13N3OS/c1-7-3-8(2)10(4-9(7)13)15-12(16)11-5-14-6-17-11/h3-6H,13H2,1-2H3,(H,15,16). The summed E-state index contributed by atoms with van der Waals surface area (Å²) in [4.78, 5) is 16.3. The van der Waals surface area contributed by atoms with Gasteiger partial charge in [-0.2, -0.15) is 0 Å². The van der Waals surface area contributed by atoms with Crippen LogP contribution >= 0.6 is 11.3 Å². The van der Waals surface area contributed by atoms with Crippen LogP contribution in [-0.4, -0.2) is 10.9 Å². The lowest BCUT2D eigenvalue weighted by atomic mass is 10.1. The zero-order valence-corrected chi connectivity index (χ0v) is 10.5. The lowest BCUT2D eigenvalue weighted by Gasteiger charge is -2.10. The molecule has 5 heteroatoms. The van der Waals surface area contributed by atoms with E-state index in [9.17, 15) is 4.79 Å². The second-order valence-electron chi connectivity index (χ2n) is 3.84. The van der Waals surface area contributed by atoms with Crippen LogP contribution in [-0.2, 0) is 0 Å². The maximum atomic E-state index is 11.8. The molecule has 3 N–H and O–H groups in total. The molecular weight excluding hydrogens is 234 g/mol. The zero-order chi connectivity index (χ0) is 12.4. The Kier molecular flexibility index (Phi) is 3.10. The number of amides is 1. The number of nitrogen functional groups attached to an aromatic ring is 1. The number of benzene rings is 1. The van der Waals surface area contributed by atoms with Crippen LogP contribution < -0.4 is 11.1 Å². The largest absolute Gasteiger partial charge is 0.398 e. The molecule has 17 heavy (non-hydrogen) atoms. The maximum absolute atomic E-state index is 11.8. The van der Waals surface area contributed by atoms with Crippen molar-refractivity contribution in [2.75, 3.05) is 11.1 Å². The van der Waals surface area contributed by atoms with Gasteiger partial charge in [-0.3, -0.25) is 9.78 Å². The van der Waals surface area contributed by atoms with Crippen molar-refractivity contribution in [1.82, 2.24) is 4.98 Å². The Morgan fingerprint density at radius 3 is 2.76 bits per heavy atom. The molecule has 1 heterocycles. The lowest BCUT2D eigenvalue weighted by Crippen LogP contribution is -2.11. The van der Waals surface area contributed by atoms with Gasteiger partial charge in [-0.25, -0.2) is 0 Å². The highest BCUT2D eigenvalue weighted by molar-refractivity contribution is 7.11. The summed E-state index contributed by atoms with van der Waals surface area (Å²) in [5, 5.41) is 2.83. The number of hydrogen-bond donors (Lipinski definition) is 2. The molecule has 4 nitrogen and oxygen atoms in total. The molecule has 0 saturated carbocycles. The summed E-state index contributed by atoms with van der Waals surface area (Å²) in [6.07, 6.45) is 1.55. The molecule has 0 spiro atoms. The molecule has 1 amide bonds. The van der Waals surface area contributed by atoms with E-state index in [0.717, 1.165) is 16.8 Å². The van der Waals surface area contributed by atoms with Crippen molar-refractivity contribution in [3.05, 3.63) is 39.8 Å². The quantitative estimate of drug-likeness (QED) is 0.801. The molecule has 0 unspecified atom stereocenters. The van der Waals surface area contributed by atoms with E-state index in [0.29, 0.717) is 10.6 Å². The van der Waals surface area contributed by atoms with Crippen LogP contribution in [0, 0.1) is 13.8 Å². The van der Waals surface area contributed by atoms with Crippen LogP contribution in [0.2, 0.25) is 0 Å². The first-order valence-corrected chi connectivity index (χ1v) is 6.02. The highest BCUT2D eigenvalue weighted by Crippen LogP contribution is 2.23. The molecule has 0 fully saturated rings. The molecule has 2 rings (SSSR count). The van der Waals surface area contributed by atoms with Crippen molar-refractivity contribution in [3.63, 3.8) is 0 Å². The Bertz CT molecular complexity index is 549. The topological polar surface area (TPSA) is 68.0 Å². The molecular formula is C12H13N3OS. The Labute approximate surface area is 103 Å². The summed E-state index contributed by atoms with van der Waals surface area (Å²) >= 11 is 1.31. The molecule has 0 atom stereocenters. The number of nitrogens with two attached hydrogens (primary N) is 1. The van der Waals surface area contributed by atoms with Crippen molar-refractivity contribution in [3.8, 4) is 0 Å². The van der Waals surface area contributed by atoms with Crippen LogP contribution in [0.1, 0.15) is 20.8 Å². The van der Waals surface area contributed by atoms with Crippen molar-refractivity contribution in [1.29, 1.82) is 0 Å². The van der Waals surface area contributed by atoms with E-state index in [1.54, 1.807) is 17.8 Å². The van der Waals surface area contributed by atoms with Crippen LogP contribution in [0.3, 0.4) is 0 Å². The summed E-state index contributed by atoms with van der Waals surface area (Å²) in [6, 6.07) is 3.74. The smallest absolute Gasteiger partial charge is 0.267 e. The Morgan fingerprint density at radius 2 is 2.12 bits per heavy atom. The third kappa shape index (κ3) is 2.45.